The summed E-state index contributed by atoms with van der Waals surface area (Å²) in [5.41, 5.74) is 4.51. The van der Waals surface area contributed by atoms with Gasteiger partial charge in [0.25, 0.3) is 0 Å². The van der Waals surface area contributed by atoms with Gasteiger partial charge in [0.05, 0.1) is 13.1 Å². The number of carbonyl (C=O) groups excluding carboxylic acids is 1. The maximum Gasteiger partial charge on any atom is 0.243 e. The third kappa shape index (κ3) is 5.51. The van der Waals surface area contributed by atoms with Crippen LogP contribution in [0.5, 0.6) is 0 Å². The van der Waals surface area contributed by atoms with Crippen LogP contribution in [-0.2, 0) is 24.4 Å². The molecule has 1 aliphatic rings. The maximum atomic E-state index is 12.2. The van der Waals surface area contributed by atoms with Gasteiger partial charge in [-0.3, -0.25) is 4.79 Å². The van der Waals surface area contributed by atoms with Crippen LogP contribution >= 0.6 is 0 Å². The van der Waals surface area contributed by atoms with Crippen LogP contribution in [0.4, 0.5) is 0 Å². The van der Waals surface area contributed by atoms with Gasteiger partial charge in [0, 0.05) is 17.7 Å². The number of quaternary nitrogens is 1. The number of hydrogen-bond acceptors (Lipinski definition) is 4. The first-order chi connectivity index (χ1) is 14.7. The lowest BCUT2D eigenvalue weighted by molar-refractivity contribution is -0.918. The molecule has 3 aromatic rings. The molecule has 7 nitrogen and oxygen atoms in total. The number of nitrogens with one attached hydrogen (secondary N) is 2. The van der Waals surface area contributed by atoms with E-state index < -0.39 is 0 Å². The molecule has 0 aliphatic carbocycles. The van der Waals surface area contributed by atoms with Gasteiger partial charge in [0.1, 0.15) is 13.1 Å². The van der Waals surface area contributed by atoms with Crippen molar-refractivity contribution in [1.82, 2.24) is 25.5 Å². The molecule has 156 valence electrons. The highest BCUT2D eigenvalue weighted by Gasteiger charge is 2.14. The van der Waals surface area contributed by atoms with E-state index in [1.807, 2.05) is 43.3 Å². The molecule has 2 aromatic carbocycles. The number of likely N-dealkylation sites (tertiary alicyclic amines) is 1. The average Bonchev–Trinajstić information content (AvgIpc) is 3.23. The zero-order chi connectivity index (χ0) is 20.8. The van der Waals surface area contributed by atoms with E-state index in [1.165, 1.54) is 48.3 Å². The fourth-order valence-corrected chi connectivity index (χ4v) is 3.81. The first-order valence-electron chi connectivity index (χ1n) is 10.7. The molecular weight excluding hydrogens is 376 g/mol. The summed E-state index contributed by atoms with van der Waals surface area (Å²) < 4.78 is 0. The Kier molecular flexibility index (Phi) is 6.49. The summed E-state index contributed by atoms with van der Waals surface area (Å²) in [6.45, 7) is 6.19. The summed E-state index contributed by atoms with van der Waals surface area (Å²) in [6, 6.07) is 16.5. The van der Waals surface area contributed by atoms with E-state index in [4.69, 9.17) is 0 Å². The molecule has 0 radical (unpaired) electrons. The first-order valence-corrected chi connectivity index (χ1v) is 10.7. The Hall–Kier alpha value is -3.06. The third-order valence-electron chi connectivity index (χ3n) is 5.58. The molecule has 2 heterocycles. The van der Waals surface area contributed by atoms with Crippen molar-refractivity contribution in [3.8, 4) is 11.4 Å². The second kappa shape index (κ2) is 9.63. The monoisotopic (exact) mass is 405 g/mol. The molecule has 0 bridgehead atoms. The Morgan fingerprint density at radius 3 is 2.43 bits per heavy atom. The van der Waals surface area contributed by atoms with Crippen molar-refractivity contribution in [2.24, 2.45) is 0 Å². The number of carbonyl (C=O) groups is 1. The molecule has 4 rings (SSSR count). The van der Waals surface area contributed by atoms with Crippen molar-refractivity contribution in [1.29, 1.82) is 0 Å². The van der Waals surface area contributed by atoms with E-state index in [0.29, 0.717) is 12.4 Å². The van der Waals surface area contributed by atoms with E-state index in [1.54, 1.807) is 4.90 Å². The number of piperidine rings is 1. The topological polar surface area (TPSA) is 77.1 Å². The van der Waals surface area contributed by atoms with Crippen molar-refractivity contribution < 1.29 is 9.69 Å². The first kappa shape index (κ1) is 20.2. The molecule has 0 atom stereocenters. The quantitative estimate of drug-likeness (QED) is 0.625. The highest BCUT2D eigenvalue weighted by molar-refractivity contribution is 5.75. The third-order valence-corrected chi connectivity index (χ3v) is 5.58. The van der Waals surface area contributed by atoms with E-state index >= 15 is 0 Å². The molecule has 0 spiro atoms. The van der Waals surface area contributed by atoms with Crippen molar-refractivity contribution in [2.45, 2.75) is 45.8 Å². The predicted octanol–water partition coefficient (Wildman–Crippen LogP) is 1.53. The zero-order valence-corrected chi connectivity index (χ0v) is 17.5. The highest BCUT2D eigenvalue weighted by Crippen LogP contribution is 2.14. The zero-order valence-electron chi connectivity index (χ0n) is 17.5. The summed E-state index contributed by atoms with van der Waals surface area (Å²) in [6.07, 6.45) is 4.03. The van der Waals surface area contributed by atoms with Crippen molar-refractivity contribution >= 4 is 5.91 Å². The maximum absolute atomic E-state index is 12.2. The van der Waals surface area contributed by atoms with Crippen LogP contribution in [-0.4, -0.2) is 39.2 Å². The molecule has 1 amide bonds. The number of rotatable bonds is 7. The van der Waals surface area contributed by atoms with Crippen molar-refractivity contribution in [3.63, 3.8) is 0 Å². The van der Waals surface area contributed by atoms with Gasteiger partial charge in [-0.15, -0.1) is 10.2 Å². The Balaban J connectivity index is 1.29. The summed E-state index contributed by atoms with van der Waals surface area (Å²) in [7, 11) is 0. The normalized spacial score (nSPS) is 14.6. The lowest BCUT2D eigenvalue weighted by Gasteiger charge is -2.23. The largest absolute Gasteiger partial charge is 0.350 e. The summed E-state index contributed by atoms with van der Waals surface area (Å²) in [4.78, 5) is 15.2. The van der Waals surface area contributed by atoms with Crippen LogP contribution in [0, 0.1) is 6.92 Å². The second-order valence-corrected chi connectivity index (χ2v) is 8.09. The molecule has 0 unspecified atom stereocenters. The molecule has 1 aromatic heterocycles. The molecule has 30 heavy (non-hydrogen) atoms. The smallest absolute Gasteiger partial charge is 0.243 e. The van der Waals surface area contributed by atoms with Crippen LogP contribution in [0.3, 0.4) is 0 Å². The van der Waals surface area contributed by atoms with Gasteiger partial charge in [-0.05, 0) is 37.0 Å². The summed E-state index contributed by atoms with van der Waals surface area (Å²) in [5.74, 6) is 0.401. The minimum atomic E-state index is -0.139. The molecule has 1 saturated heterocycles. The van der Waals surface area contributed by atoms with Gasteiger partial charge in [0.15, 0.2) is 0 Å². The summed E-state index contributed by atoms with van der Waals surface area (Å²) >= 11 is 0. The average molecular weight is 406 g/mol. The number of benzene rings is 2. The van der Waals surface area contributed by atoms with Crippen molar-refractivity contribution in [2.75, 3.05) is 13.1 Å². The van der Waals surface area contributed by atoms with E-state index in [0.717, 1.165) is 17.7 Å². The standard InChI is InChI=1S/C23H28N6O/c1-18-5-7-19(8-6-18)15-24-22(30)17-29-26-23(25-27-29)21-11-9-20(10-12-21)16-28-13-3-2-4-14-28/h5-12H,2-4,13-17H2,1H3,(H,24,30)/p+1. The van der Waals surface area contributed by atoms with Crippen LogP contribution in [0.25, 0.3) is 11.4 Å². The Morgan fingerprint density at radius 1 is 1.00 bits per heavy atom. The number of hydrogen-bond donors (Lipinski definition) is 2. The Bertz CT molecular complexity index is 958. The van der Waals surface area contributed by atoms with Gasteiger partial charge in [0.2, 0.25) is 11.7 Å². The SMILES string of the molecule is Cc1ccc(CNC(=O)Cn2nnc(-c3ccc(C[NH+]4CCCCC4)cc3)n2)cc1. The molecular formula is C23H29N6O+. The molecule has 7 heteroatoms. The van der Waals surface area contributed by atoms with Gasteiger partial charge in [-0.1, -0.05) is 54.1 Å². The lowest BCUT2D eigenvalue weighted by atomic mass is 10.1. The summed E-state index contributed by atoms with van der Waals surface area (Å²) in [5, 5.41) is 15.4. The number of aryl methyl sites for hydroxylation is 1. The van der Waals surface area contributed by atoms with Crippen molar-refractivity contribution in [3.05, 3.63) is 65.2 Å². The number of amides is 1. The van der Waals surface area contributed by atoms with Crippen LogP contribution in [0.2, 0.25) is 0 Å². The van der Waals surface area contributed by atoms with Crippen LogP contribution in [0.1, 0.15) is 36.0 Å². The minimum absolute atomic E-state index is 0.0509. The Labute approximate surface area is 177 Å². The minimum Gasteiger partial charge on any atom is -0.350 e. The lowest BCUT2D eigenvalue weighted by Crippen LogP contribution is -3.11. The predicted molar refractivity (Wildman–Crippen MR) is 115 cm³/mol. The van der Waals surface area contributed by atoms with E-state index in [9.17, 15) is 4.79 Å². The van der Waals surface area contributed by atoms with Gasteiger partial charge >= 0.3 is 0 Å². The second-order valence-electron chi connectivity index (χ2n) is 8.09. The van der Waals surface area contributed by atoms with E-state index in [2.05, 4.69) is 32.9 Å². The van der Waals surface area contributed by atoms with Crippen LogP contribution < -0.4 is 10.2 Å². The van der Waals surface area contributed by atoms with Crippen LogP contribution in [0.15, 0.2) is 48.5 Å². The molecule has 0 saturated carbocycles. The highest BCUT2D eigenvalue weighted by atomic mass is 16.2. The Morgan fingerprint density at radius 2 is 1.70 bits per heavy atom. The number of tetrazole rings is 1. The molecule has 1 fully saturated rings. The number of nitrogens with zero attached hydrogens (tertiary/aromatic N) is 4. The molecule has 2 N–H and O–H groups in total. The molecule has 1 aliphatic heterocycles. The van der Waals surface area contributed by atoms with Gasteiger partial charge in [-0.2, -0.15) is 4.80 Å². The van der Waals surface area contributed by atoms with E-state index in [-0.39, 0.29) is 12.5 Å². The fraction of sp³-hybridized carbons (Fsp3) is 0.391. The fourth-order valence-electron chi connectivity index (χ4n) is 3.81. The van der Waals surface area contributed by atoms with Gasteiger partial charge < -0.3 is 10.2 Å². The van der Waals surface area contributed by atoms with Gasteiger partial charge in [-0.25, -0.2) is 0 Å². The number of aromatic nitrogens is 4.